The van der Waals surface area contributed by atoms with E-state index in [1.165, 1.54) is 161 Å². The van der Waals surface area contributed by atoms with E-state index < -0.39 is 0 Å². The summed E-state index contributed by atoms with van der Waals surface area (Å²) in [5.41, 5.74) is 0. The largest absolute Gasteiger partial charge is 0.0654 e. The monoisotopic (exact) mass is 408 g/mol. The molecule has 0 aromatic carbocycles. The molecule has 0 bridgehead atoms. The van der Waals surface area contributed by atoms with Gasteiger partial charge in [0.15, 0.2) is 0 Å². The summed E-state index contributed by atoms with van der Waals surface area (Å²) in [6.45, 7) is 7.10. The summed E-state index contributed by atoms with van der Waals surface area (Å²) in [6, 6.07) is 0. The second-order valence-corrected chi connectivity index (χ2v) is 10.1. The van der Waals surface area contributed by atoms with Crippen molar-refractivity contribution in [3.05, 3.63) is 0 Å². The molecule has 0 heteroatoms. The molecule has 0 nitrogen and oxygen atoms in total. The number of hydrogen-bond donors (Lipinski definition) is 0. The van der Waals surface area contributed by atoms with Gasteiger partial charge in [0.2, 0.25) is 0 Å². The number of unbranched alkanes of at least 4 members (excludes halogenated alkanes) is 21. The summed E-state index contributed by atoms with van der Waals surface area (Å²) in [5.74, 6) is 0.969. The number of hydrogen-bond acceptors (Lipinski definition) is 0. The lowest BCUT2D eigenvalue weighted by Crippen LogP contribution is -1.95. The fourth-order valence-electron chi connectivity index (χ4n) is 4.64. The fraction of sp³-hybridized carbons (Fsp3) is 1.00. The van der Waals surface area contributed by atoms with Gasteiger partial charge in [-0.2, -0.15) is 0 Å². The first-order chi connectivity index (χ1) is 14.3. The minimum atomic E-state index is 0.969. The first-order valence-corrected chi connectivity index (χ1v) is 14.3. The van der Waals surface area contributed by atoms with Crippen molar-refractivity contribution < 1.29 is 0 Å². The third-order valence-corrected chi connectivity index (χ3v) is 6.85. The van der Waals surface area contributed by atoms with Crippen LogP contribution in [0.15, 0.2) is 0 Å². The summed E-state index contributed by atoms with van der Waals surface area (Å²) in [7, 11) is 0. The van der Waals surface area contributed by atoms with E-state index >= 15 is 0 Å². The summed E-state index contributed by atoms with van der Waals surface area (Å²) < 4.78 is 0. The molecular formula is C29H60. The molecule has 0 heterocycles. The lowest BCUT2D eigenvalue weighted by molar-refractivity contribution is 0.429. The highest BCUT2D eigenvalue weighted by atomic mass is 14.1. The second-order valence-electron chi connectivity index (χ2n) is 10.1. The summed E-state index contributed by atoms with van der Waals surface area (Å²) >= 11 is 0. The summed E-state index contributed by atoms with van der Waals surface area (Å²) in [5, 5.41) is 0. The molecule has 0 aliphatic rings. The molecule has 0 rings (SSSR count). The molecule has 0 saturated carbocycles. The Labute approximate surface area is 187 Å². The molecule has 0 aliphatic heterocycles. The van der Waals surface area contributed by atoms with E-state index in [9.17, 15) is 0 Å². The zero-order valence-electron chi connectivity index (χ0n) is 21.3. The molecule has 176 valence electrons. The van der Waals surface area contributed by atoms with Gasteiger partial charge < -0.3 is 0 Å². The van der Waals surface area contributed by atoms with Crippen LogP contribution in [0, 0.1) is 5.92 Å². The zero-order chi connectivity index (χ0) is 21.3. The Morgan fingerprint density at radius 2 is 0.517 bits per heavy atom. The van der Waals surface area contributed by atoms with Gasteiger partial charge in [-0.1, -0.05) is 181 Å². The normalized spacial score (nSPS) is 12.5. The average Bonchev–Trinajstić information content (AvgIpc) is 2.72. The quantitative estimate of drug-likeness (QED) is 0.132. The SMILES string of the molecule is CCCCCCCCCCCCCCCC(C)CCCCCCCCCCCC. The average molecular weight is 409 g/mol. The highest BCUT2D eigenvalue weighted by Crippen LogP contribution is 2.19. The Hall–Kier alpha value is 0. The van der Waals surface area contributed by atoms with Crippen molar-refractivity contribution in [2.75, 3.05) is 0 Å². The van der Waals surface area contributed by atoms with E-state index in [1.807, 2.05) is 0 Å². The van der Waals surface area contributed by atoms with Gasteiger partial charge in [-0.3, -0.25) is 0 Å². The molecule has 0 radical (unpaired) electrons. The topological polar surface area (TPSA) is 0 Å². The van der Waals surface area contributed by atoms with Crippen LogP contribution in [-0.2, 0) is 0 Å². The van der Waals surface area contributed by atoms with E-state index in [4.69, 9.17) is 0 Å². The van der Waals surface area contributed by atoms with Crippen LogP contribution < -0.4 is 0 Å². The lowest BCUT2D eigenvalue weighted by atomic mass is 9.95. The van der Waals surface area contributed by atoms with E-state index in [0.29, 0.717) is 0 Å². The van der Waals surface area contributed by atoms with Crippen LogP contribution >= 0.6 is 0 Å². The van der Waals surface area contributed by atoms with Gasteiger partial charge >= 0.3 is 0 Å². The maximum absolute atomic E-state index is 2.49. The van der Waals surface area contributed by atoms with E-state index in [0.717, 1.165) is 5.92 Å². The molecule has 0 saturated heterocycles. The zero-order valence-corrected chi connectivity index (χ0v) is 21.3. The molecule has 1 atom stereocenters. The maximum Gasteiger partial charge on any atom is -0.0443 e. The molecule has 0 aliphatic carbocycles. The first kappa shape index (κ1) is 29.0. The Balaban J connectivity index is 3.12. The fourth-order valence-corrected chi connectivity index (χ4v) is 4.64. The van der Waals surface area contributed by atoms with E-state index in [2.05, 4.69) is 20.8 Å². The standard InChI is InChI=1S/C29H60/c1-4-6-8-10-12-14-16-17-18-20-22-24-26-28-29(3)27-25-23-21-19-15-13-11-9-7-5-2/h29H,4-28H2,1-3H3. The smallest absolute Gasteiger partial charge is 0.0443 e. The predicted octanol–water partition coefficient (Wildman–Crippen LogP) is 11.4. The predicted molar refractivity (Wildman–Crippen MR) is 136 cm³/mol. The van der Waals surface area contributed by atoms with Gasteiger partial charge in [-0.25, -0.2) is 0 Å². The summed E-state index contributed by atoms with van der Waals surface area (Å²) in [4.78, 5) is 0. The first-order valence-electron chi connectivity index (χ1n) is 14.3. The van der Waals surface area contributed by atoms with Crippen molar-refractivity contribution in [1.29, 1.82) is 0 Å². The maximum atomic E-state index is 2.49. The van der Waals surface area contributed by atoms with Crippen molar-refractivity contribution in [3.63, 3.8) is 0 Å². The Morgan fingerprint density at radius 1 is 0.310 bits per heavy atom. The minimum Gasteiger partial charge on any atom is -0.0654 e. The molecule has 29 heavy (non-hydrogen) atoms. The van der Waals surface area contributed by atoms with Crippen molar-refractivity contribution in [1.82, 2.24) is 0 Å². The van der Waals surface area contributed by atoms with Gasteiger partial charge in [0.05, 0.1) is 0 Å². The van der Waals surface area contributed by atoms with Crippen molar-refractivity contribution in [2.45, 2.75) is 181 Å². The highest BCUT2D eigenvalue weighted by molar-refractivity contribution is 4.56. The van der Waals surface area contributed by atoms with Gasteiger partial charge in [0.25, 0.3) is 0 Å². The second kappa shape index (κ2) is 26.0. The van der Waals surface area contributed by atoms with Gasteiger partial charge in [-0.15, -0.1) is 0 Å². The third kappa shape index (κ3) is 26.0. The molecule has 0 amide bonds. The van der Waals surface area contributed by atoms with Crippen molar-refractivity contribution in [3.8, 4) is 0 Å². The van der Waals surface area contributed by atoms with Gasteiger partial charge in [-0.05, 0) is 5.92 Å². The van der Waals surface area contributed by atoms with E-state index in [1.54, 1.807) is 0 Å². The molecule has 0 N–H and O–H groups in total. The third-order valence-electron chi connectivity index (χ3n) is 6.85. The van der Waals surface area contributed by atoms with Crippen LogP contribution in [0.5, 0.6) is 0 Å². The molecule has 0 fully saturated rings. The Bertz CT molecular complexity index is 269. The van der Waals surface area contributed by atoms with Crippen molar-refractivity contribution >= 4 is 0 Å². The van der Waals surface area contributed by atoms with Crippen LogP contribution in [-0.4, -0.2) is 0 Å². The minimum absolute atomic E-state index is 0.969. The van der Waals surface area contributed by atoms with Crippen molar-refractivity contribution in [2.24, 2.45) is 5.92 Å². The molecular weight excluding hydrogens is 348 g/mol. The van der Waals surface area contributed by atoms with E-state index in [-0.39, 0.29) is 0 Å². The van der Waals surface area contributed by atoms with Gasteiger partial charge in [0, 0.05) is 0 Å². The Kier molecular flexibility index (Phi) is 26.0. The van der Waals surface area contributed by atoms with Crippen LogP contribution in [0.2, 0.25) is 0 Å². The highest BCUT2D eigenvalue weighted by Gasteiger charge is 2.02. The molecule has 0 aromatic rings. The Morgan fingerprint density at radius 3 is 0.759 bits per heavy atom. The van der Waals surface area contributed by atoms with Crippen LogP contribution in [0.4, 0.5) is 0 Å². The van der Waals surface area contributed by atoms with Crippen LogP contribution in [0.25, 0.3) is 0 Å². The number of rotatable bonds is 25. The van der Waals surface area contributed by atoms with Crippen LogP contribution in [0.3, 0.4) is 0 Å². The molecule has 0 aromatic heterocycles. The molecule has 1 unspecified atom stereocenters. The lowest BCUT2D eigenvalue weighted by Gasteiger charge is -2.11. The van der Waals surface area contributed by atoms with Gasteiger partial charge in [0.1, 0.15) is 0 Å². The molecule has 0 spiro atoms. The van der Waals surface area contributed by atoms with Crippen LogP contribution in [0.1, 0.15) is 181 Å². The summed E-state index contributed by atoms with van der Waals surface area (Å²) in [6.07, 6.45) is 36.8.